The molecule has 1 aliphatic carbocycles. The normalized spacial score (nSPS) is 15.1. The number of carbonyl (C=O) groups is 1. The molecule has 1 aromatic heterocycles. The maximum Gasteiger partial charge on any atom is 0.267 e. The average Bonchev–Trinajstić information content (AvgIpc) is 3.03. The van der Waals surface area contributed by atoms with Crippen molar-refractivity contribution in [3.63, 3.8) is 0 Å². The summed E-state index contributed by atoms with van der Waals surface area (Å²) in [7, 11) is 0. The number of hydrogen-bond acceptors (Lipinski definition) is 4. The number of nitrogens with two attached hydrogens (primary N) is 1. The second-order valence-electron chi connectivity index (χ2n) is 5.53. The highest BCUT2D eigenvalue weighted by atomic mass is 16.1. The SMILES string of the molecule is CC.CCC(C)C=N/C=C(\C)c1nc2c(c(C(N)=O)n1)CCC2. The minimum absolute atomic E-state index is 0.367. The van der Waals surface area contributed by atoms with Gasteiger partial charge in [0.15, 0.2) is 5.82 Å². The van der Waals surface area contributed by atoms with E-state index in [4.69, 9.17) is 5.73 Å². The average molecular weight is 316 g/mol. The van der Waals surface area contributed by atoms with Crippen LogP contribution in [-0.2, 0) is 12.8 Å². The van der Waals surface area contributed by atoms with Gasteiger partial charge in [-0.25, -0.2) is 9.97 Å². The van der Waals surface area contributed by atoms with Gasteiger partial charge in [-0.1, -0.05) is 27.7 Å². The van der Waals surface area contributed by atoms with Gasteiger partial charge in [-0.3, -0.25) is 9.79 Å². The fraction of sp³-hybridized carbons (Fsp3) is 0.556. The molecule has 0 radical (unpaired) electrons. The zero-order chi connectivity index (χ0) is 17.4. The van der Waals surface area contributed by atoms with Crippen LogP contribution in [0.1, 0.15) is 75.0 Å². The predicted molar refractivity (Wildman–Crippen MR) is 95.5 cm³/mol. The highest BCUT2D eigenvalue weighted by molar-refractivity contribution is 5.93. The predicted octanol–water partition coefficient (Wildman–Crippen LogP) is 3.57. The van der Waals surface area contributed by atoms with E-state index in [1.165, 1.54) is 0 Å². The Bertz CT molecular complexity index is 605. The Labute approximate surface area is 139 Å². The molecule has 2 rings (SSSR count). The number of fused-ring (bicyclic) bond motifs is 1. The molecule has 2 N–H and O–H groups in total. The van der Waals surface area contributed by atoms with Crippen molar-refractivity contribution < 1.29 is 4.79 Å². The number of hydrogen-bond donors (Lipinski definition) is 1. The van der Waals surface area contributed by atoms with Crippen LogP contribution in [0.15, 0.2) is 11.2 Å². The topological polar surface area (TPSA) is 81.2 Å². The molecule has 0 saturated carbocycles. The van der Waals surface area contributed by atoms with E-state index in [0.717, 1.165) is 42.5 Å². The van der Waals surface area contributed by atoms with Crippen LogP contribution in [0, 0.1) is 5.92 Å². The molecule has 0 aromatic carbocycles. The van der Waals surface area contributed by atoms with Crippen LogP contribution >= 0.6 is 0 Å². The van der Waals surface area contributed by atoms with Crippen molar-refractivity contribution in [2.24, 2.45) is 16.6 Å². The lowest BCUT2D eigenvalue weighted by molar-refractivity contribution is 0.0994. The Morgan fingerprint density at radius 1 is 1.35 bits per heavy atom. The Morgan fingerprint density at radius 3 is 2.65 bits per heavy atom. The first-order chi connectivity index (χ1) is 11.0. The summed E-state index contributed by atoms with van der Waals surface area (Å²) in [6, 6.07) is 0. The summed E-state index contributed by atoms with van der Waals surface area (Å²) in [4.78, 5) is 24.8. The quantitative estimate of drug-likeness (QED) is 0.843. The van der Waals surface area contributed by atoms with E-state index in [0.29, 0.717) is 17.4 Å². The molecular weight excluding hydrogens is 288 g/mol. The standard InChI is InChI=1S/C16H22N4O.C2H6/c1-4-10(2)8-18-9-11(3)16-19-13-7-5-6-12(13)14(20-16)15(17)21;1-2/h8-10H,4-7H2,1-3H3,(H2,17,21);1-2H3/b11-9+,18-8?;. The maximum absolute atomic E-state index is 11.6. The lowest BCUT2D eigenvalue weighted by atomic mass is 10.1. The molecule has 23 heavy (non-hydrogen) atoms. The van der Waals surface area contributed by atoms with E-state index < -0.39 is 5.91 Å². The van der Waals surface area contributed by atoms with Crippen LogP contribution in [0.2, 0.25) is 0 Å². The van der Waals surface area contributed by atoms with Crippen LogP contribution in [0.3, 0.4) is 0 Å². The summed E-state index contributed by atoms with van der Waals surface area (Å²) < 4.78 is 0. The number of aromatic nitrogens is 2. The lowest BCUT2D eigenvalue weighted by Gasteiger charge is -2.07. The Kier molecular flexibility index (Phi) is 7.59. The molecule has 1 atom stereocenters. The number of allylic oxidation sites excluding steroid dienone is 1. The van der Waals surface area contributed by atoms with Crippen LogP contribution in [0.4, 0.5) is 0 Å². The van der Waals surface area contributed by atoms with Crippen molar-refractivity contribution in [3.8, 4) is 0 Å². The molecule has 1 unspecified atom stereocenters. The van der Waals surface area contributed by atoms with Crippen molar-refractivity contribution in [3.05, 3.63) is 29.0 Å². The summed E-state index contributed by atoms with van der Waals surface area (Å²) >= 11 is 0. The third kappa shape index (κ3) is 4.98. The molecule has 1 amide bonds. The Morgan fingerprint density at radius 2 is 2.04 bits per heavy atom. The third-order valence-electron chi connectivity index (χ3n) is 3.77. The zero-order valence-electron chi connectivity index (χ0n) is 14.9. The molecule has 1 aromatic rings. The number of nitrogens with zero attached hydrogens (tertiary/aromatic N) is 3. The summed E-state index contributed by atoms with van der Waals surface area (Å²) in [6.45, 7) is 10.1. The highest BCUT2D eigenvalue weighted by Gasteiger charge is 2.22. The first-order valence-electron chi connectivity index (χ1n) is 8.43. The second-order valence-corrected chi connectivity index (χ2v) is 5.53. The van der Waals surface area contributed by atoms with Crippen LogP contribution in [-0.4, -0.2) is 22.1 Å². The smallest absolute Gasteiger partial charge is 0.267 e. The molecule has 5 heteroatoms. The third-order valence-corrected chi connectivity index (χ3v) is 3.77. The zero-order valence-corrected chi connectivity index (χ0v) is 14.9. The summed E-state index contributed by atoms with van der Waals surface area (Å²) in [5.74, 6) is 0.509. The number of aryl methyl sites for hydroxylation is 1. The van der Waals surface area contributed by atoms with Crippen molar-refractivity contribution in [2.75, 3.05) is 0 Å². The molecule has 0 bridgehead atoms. The molecule has 0 saturated heterocycles. The van der Waals surface area contributed by atoms with Gasteiger partial charge < -0.3 is 5.73 Å². The first-order valence-corrected chi connectivity index (χ1v) is 8.43. The van der Waals surface area contributed by atoms with Crippen molar-refractivity contribution >= 4 is 17.7 Å². The lowest BCUT2D eigenvalue weighted by Crippen LogP contribution is -2.18. The van der Waals surface area contributed by atoms with Gasteiger partial charge >= 0.3 is 0 Å². The van der Waals surface area contributed by atoms with Crippen LogP contribution < -0.4 is 5.73 Å². The first kappa shape index (κ1) is 19.0. The van der Waals surface area contributed by atoms with E-state index in [1.807, 2.05) is 27.0 Å². The molecule has 0 aliphatic heterocycles. The van der Waals surface area contributed by atoms with Gasteiger partial charge in [0.05, 0.1) is 0 Å². The van der Waals surface area contributed by atoms with Gasteiger partial charge in [-0.2, -0.15) is 0 Å². The van der Waals surface area contributed by atoms with Crippen LogP contribution in [0.25, 0.3) is 5.57 Å². The second kappa shape index (κ2) is 9.18. The fourth-order valence-corrected chi connectivity index (χ4v) is 2.28. The minimum Gasteiger partial charge on any atom is -0.364 e. The van der Waals surface area contributed by atoms with E-state index in [9.17, 15) is 4.79 Å². The molecule has 0 fully saturated rings. The molecule has 1 aliphatic rings. The maximum atomic E-state index is 11.6. The van der Waals surface area contributed by atoms with Gasteiger partial charge in [0.1, 0.15) is 5.69 Å². The molecule has 0 spiro atoms. The fourth-order valence-electron chi connectivity index (χ4n) is 2.28. The van der Waals surface area contributed by atoms with E-state index in [-0.39, 0.29) is 0 Å². The highest BCUT2D eigenvalue weighted by Crippen LogP contribution is 2.24. The largest absolute Gasteiger partial charge is 0.364 e. The van der Waals surface area contributed by atoms with Crippen molar-refractivity contribution in [1.82, 2.24) is 9.97 Å². The molecular formula is C18H28N4O. The van der Waals surface area contributed by atoms with Crippen molar-refractivity contribution in [2.45, 2.75) is 60.3 Å². The van der Waals surface area contributed by atoms with E-state index >= 15 is 0 Å². The number of rotatable bonds is 5. The van der Waals surface area contributed by atoms with Gasteiger partial charge in [0.25, 0.3) is 5.91 Å². The summed E-state index contributed by atoms with van der Waals surface area (Å²) in [6.07, 6.45) is 7.43. The van der Waals surface area contributed by atoms with Gasteiger partial charge in [0.2, 0.25) is 0 Å². The number of amides is 1. The minimum atomic E-state index is -0.479. The van der Waals surface area contributed by atoms with Crippen LogP contribution in [0.5, 0.6) is 0 Å². The van der Waals surface area contributed by atoms with E-state index in [2.05, 4.69) is 28.8 Å². The Hall–Kier alpha value is -2.04. The van der Waals surface area contributed by atoms with Gasteiger partial charge in [0, 0.05) is 29.2 Å². The Balaban J connectivity index is 0.00000127. The monoisotopic (exact) mass is 316 g/mol. The number of primary amides is 1. The van der Waals surface area contributed by atoms with Gasteiger partial charge in [-0.15, -0.1) is 0 Å². The molecule has 1 heterocycles. The number of carbonyl (C=O) groups excluding carboxylic acids is 1. The van der Waals surface area contributed by atoms with E-state index in [1.54, 1.807) is 6.20 Å². The molecule has 5 nitrogen and oxygen atoms in total. The number of aliphatic imine (C=N–C) groups is 1. The summed E-state index contributed by atoms with van der Waals surface area (Å²) in [5.41, 5.74) is 8.51. The van der Waals surface area contributed by atoms with Gasteiger partial charge in [-0.05, 0) is 38.5 Å². The van der Waals surface area contributed by atoms with Crippen molar-refractivity contribution in [1.29, 1.82) is 0 Å². The molecule has 126 valence electrons. The summed E-state index contributed by atoms with van der Waals surface area (Å²) in [5, 5.41) is 0.